The zero-order valence-electron chi connectivity index (χ0n) is 16.2. The van der Waals surface area contributed by atoms with Crippen LogP contribution < -0.4 is 16.4 Å². The number of ether oxygens (including phenoxy) is 1. The molecule has 0 bridgehead atoms. The van der Waals surface area contributed by atoms with Gasteiger partial charge < -0.3 is 21.1 Å². The van der Waals surface area contributed by atoms with Crippen molar-refractivity contribution in [3.8, 4) is 0 Å². The Bertz CT molecular complexity index is 1100. The molecule has 0 saturated heterocycles. The monoisotopic (exact) mass is 399 g/mol. The number of anilines is 2. The summed E-state index contributed by atoms with van der Waals surface area (Å²) in [5.74, 6) is -0.642. The first kappa shape index (κ1) is 19.3. The van der Waals surface area contributed by atoms with Crippen LogP contribution in [0, 0.1) is 0 Å². The molecule has 0 saturated carbocycles. The third kappa shape index (κ3) is 4.17. The quantitative estimate of drug-likeness (QED) is 0.433. The third-order valence-electron chi connectivity index (χ3n) is 4.83. The van der Waals surface area contributed by atoms with Crippen LogP contribution in [0.15, 0.2) is 90.4 Å². The summed E-state index contributed by atoms with van der Waals surface area (Å²) in [6.45, 7) is -0.437. The highest BCUT2D eigenvalue weighted by atomic mass is 16.5. The van der Waals surface area contributed by atoms with Crippen molar-refractivity contribution in [2.24, 2.45) is 5.73 Å². The summed E-state index contributed by atoms with van der Waals surface area (Å²) in [5.41, 5.74) is 9.97. The fourth-order valence-electron chi connectivity index (χ4n) is 3.25. The molecule has 0 unspecified atom stereocenters. The van der Waals surface area contributed by atoms with Gasteiger partial charge in [0, 0.05) is 0 Å². The minimum atomic E-state index is -0.552. The van der Waals surface area contributed by atoms with Crippen LogP contribution in [-0.4, -0.2) is 18.4 Å². The second-order valence-corrected chi connectivity index (χ2v) is 6.90. The molecule has 0 aromatic heterocycles. The number of nitrogens with one attached hydrogen (secondary N) is 2. The first-order valence-corrected chi connectivity index (χ1v) is 9.57. The van der Waals surface area contributed by atoms with E-state index in [0.29, 0.717) is 17.8 Å². The van der Waals surface area contributed by atoms with Crippen molar-refractivity contribution in [2.75, 3.05) is 17.2 Å². The Hall–Kier alpha value is -4.06. The highest BCUT2D eigenvalue weighted by Gasteiger charge is 2.21. The van der Waals surface area contributed by atoms with Crippen LogP contribution in [-0.2, 0) is 16.0 Å². The lowest BCUT2D eigenvalue weighted by molar-refractivity contribution is -0.118. The summed E-state index contributed by atoms with van der Waals surface area (Å²) in [5, 5.41) is 6.11. The molecule has 4 rings (SSSR count). The highest BCUT2D eigenvalue weighted by molar-refractivity contribution is 6.00. The van der Waals surface area contributed by atoms with E-state index in [4.69, 9.17) is 10.5 Å². The van der Waals surface area contributed by atoms with E-state index in [1.165, 1.54) is 0 Å². The molecule has 6 nitrogen and oxygen atoms in total. The number of rotatable bonds is 6. The summed E-state index contributed by atoms with van der Waals surface area (Å²) in [6, 6.07) is 24.6. The van der Waals surface area contributed by atoms with E-state index >= 15 is 0 Å². The van der Waals surface area contributed by atoms with Crippen molar-refractivity contribution in [3.05, 3.63) is 107 Å². The minimum Gasteiger partial charge on any atom is -0.454 e. The van der Waals surface area contributed by atoms with Gasteiger partial charge in [-0.1, -0.05) is 60.7 Å². The lowest BCUT2D eigenvalue weighted by atomic mass is 10.00. The van der Waals surface area contributed by atoms with Gasteiger partial charge in [-0.25, -0.2) is 4.79 Å². The molecular weight excluding hydrogens is 378 g/mol. The Morgan fingerprint density at radius 3 is 2.10 bits per heavy atom. The minimum absolute atomic E-state index is 0.0171. The number of hydrogen-bond donors (Lipinski definition) is 3. The third-order valence-corrected chi connectivity index (χ3v) is 4.83. The molecular formula is C24H21N3O3. The van der Waals surface area contributed by atoms with Gasteiger partial charge in [0.2, 0.25) is 5.78 Å². The number of carbonyl (C=O) groups excluding carboxylic acids is 2. The molecule has 0 atom stereocenters. The van der Waals surface area contributed by atoms with Gasteiger partial charge in [0.25, 0.3) is 0 Å². The standard InChI is InChI=1S/C24H21N3O3/c25-22(23-26-19-12-6-7-13-20(19)27-23)21(28)15-30-24(29)18-11-5-4-10-17(18)14-16-8-2-1-3-9-16/h1-13,26-27H,14-15,25H2. The van der Waals surface area contributed by atoms with E-state index in [2.05, 4.69) is 10.6 Å². The molecule has 0 radical (unpaired) electrons. The van der Waals surface area contributed by atoms with Crippen molar-refractivity contribution in [2.45, 2.75) is 6.42 Å². The smallest absolute Gasteiger partial charge is 0.338 e. The van der Waals surface area contributed by atoms with Crippen molar-refractivity contribution in [1.82, 2.24) is 0 Å². The summed E-state index contributed by atoms with van der Waals surface area (Å²) in [6.07, 6.45) is 0.596. The SMILES string of the molecule is NC(C(=O)COC(=O)c1ccccc1Cc1ccccc1)=C1Nc2ccccc2N1. The van der Waals surface area contributed by atoms with Crippen molar-refractivity contribution in [1.29, 1.82) is 0 Å². The fraction of sp³-hybridized carbons (Fsp3) is 0.0833. The van der Waals surface area contributed by atoms with Gasteiger partial charge in [0.05, 0.1) is 16.9 Å². The van der Waals surface area contributed by atoms with Crippen molar-refractivity contribution in [3.63, 3.8) is 0 Å². The van der Waals surface area contributed by atoms with Crippen LogP contribution in [0.3, 0.4) is 0 Å². The van der Waals surface area contributed by atoms with Gasteiger partial charge in [0.15, 0.2) is 6.61 Å². The van der Waals surface area contributed by atoms with Crippen LogP contribution in [0.2, 0.25) is 0 Å². The molecule has 0 spiro atoms. The number of fused-ring (bicyclic) bond motifs is 1. The number of ketones is 1. The maximum atomic E-state index is 12.6. The van der Waals surface area contributed by atoms with Crippen LogP contribution in [0.25, 0.3) is 0 Å². The van der Waals surface area contributed by atoms with Gasteiger partial charge in [-0.2, -0.15) is 0 Å². The summed E-state index contributed by atoms with van der Waals surface area (Å²) in [4.78, 5) is 25.1. The predicted octanol–water partition coefficient (Wildman–Crippen LogP) is 3.67. The maximum Gasteiger partial charge on any atom is 0.338 e. The molecule has 1 heterocycles. The van der Waals surface area contributed by atoms with Crippen molar-refractivity contribution >= 4 is 23.1 Å². The maximum absolute atomic E-state index is 12.6. The van der Waals surface area contributed by atoms with E-state index in [-0.39, 0.29) is 5.70 Å². The number of nitrogens with two attached hydrogens (primary N) is 1. The van der Waals surface area contributed by atoms with E-state index in [9.17, 15) is 9.59 Å². The largest absolute Gasteiger partial charge is 0.454 e. The first-order chi connectivity index (χ1) is 14.6. The topological polar surface area (TPSA) is 93.5 Å². The van der Waals surface area contributed by atoms with Crippen LogP contribution in [0.5, 0.6) is 0 Å². The Labute approximate surface area is 174 Å². The molecule has 1 aliphatic heterocycles. The van der Waals surface area contributed by atoms with Gasteiger partial charge in [-0.3, -0.25) is 4.79 Å². The van der Waals surface area contributed by atoms with Gasteiger partial charge in [-0.15, -0.1) is 0 Å². The van der Waals surface area contributed by atoms with E-state index in [1.54, 1.807) is 12.1 Å². The normalized spacial score (nSPS) is 11.8. The molecule has 3 aromatic carbocycles. The highest BCUT2D eigenvalue weighted by Crippen LogP contribution is 2.30. The number of esters is 1. The van der Waals surface area contributed by atoms with Crippen LogP contribution in [0.1, 0.15) is 21.5 Å². The summed E-state index contributed by atoms with van der Waals surface area (Å²) >= 11 is 0. The van der Waals surface area contributed by atoms with Gasteiger partial charge in [0.1, 0.15) is 11.5 Å². The Kier molecular flexibility index (Phi) is 5.48. The molecule has 6 heteroatoms. The van der Waals surface area contributed by atoms with Gasteiger partial charge in [-0.05, 0) is 35.7 Å². The lowest BCUT2D eigenvalue weighted by Gasteiger charge is -2.10. The first-order valence-electron chi connectivity index (χ1n) is 9.57. The molecule has 3 aromatic rings. The number of hydrogen-bond acceptors (Lipinski definition) is 6. The number of carbonyl (C=O) groups is 2. The van der Waals surface area contributed by atoms with Crippen LogP contribution >= 0.6 is 0 Å². The summed E-state index contributed by atoms with van der Waals surface area (Å²) in [7, 11) is 0. The molecule has 0 fully saturated rings. The summed E-state index contributed by atoms with van der Waals surface area (Å²) < 4.78 is 5.27. The lowest BCUT2D eigenvalue weighted by Crippen LogP contribution is -2.24. The zero-order chi connectivity index (χ0) is 20.9. The second-order valence-electron chi connectivity index (χ2n) is 6.90. The fourth-order valence-corrected chi connectivity index (χ4v) is 3.25. The zero-order valence-corrected chi connectivity index (χ0v) is 16.2. The second kappa shape index (κ2) is 8.53. The Morgan fingerprint density at radius 1 is 0.800 bits per heavy atom. The van der Waals surface area contributed by atoms with Gasteiger partial charge >= 0.3 is 5.97 Å². The molecule has 0 aliphatic carbocycles. The number of benzene rings is 3. The average molecular weight is 399 g/mol. The molecule has 30 heavy (non-hydrogen) atoms. The molecule has 1 aliphatic rings. The van der Waals surface area contributed by atoms with E-state index in [1.807, 2.05) is 66.7 Å². The number of Topliss-reactive ketones (excluding diaryl/α,β-unsaturated/α-hetero) is 1. The molecule has 0 amide bonds. The van der Waals surface area contributed by atoms with E-state index < -0.39 is 18.4 Å². The molecule has 4 N–H and O–H groups in total. The molecule has 150 valence electrons. The average Bonchev–Trinajstić information content (AvgIpc) is 3.22. The Morgan fingerprint density at radius 2 is 1.40 bits per heavy atom. The predicted molar refractivity (Wildman–Crippen MR) is 116 cm³/mol. The van der Waals surface area contributed by atoms with E-state index in [0.717, 1.165) is 22.5 Å². The number of para-hydroxylation sites is 2. The Balaban J connectivity index is 1.42. The van der Waals surface area contributed by atoms with Crippen LogP contribution in [0.4, 0.5) is 11.4 Å². The van der Waals surface area contributed by atoms with Crippen molar-refractivity contribution < 1.29 is 14.3 Å².